The fourth-order valence-electron chi connectivity index (χ4n) is 1.79. The van der Waals surface area contributed by atoms with Crippen molar-refractivity contribution < 1.29 is 12.8 Å². The molecule has 5 heteroatoms. The molecule has 128 valence electrons. The minimum Gasteiger partial charge on any atom is -0.282 e. The number of aryl methyl sites for hydroxylation is 1. The van der Waals surface area contributed by atoms with Gasteiger partial charge in [0.2, 0.25) is 0 Å². The van der Waals surface area contributed by atoms with E-state index in [9.17, 15) is 8.60 Å². The molecule has 0 saturated carbocycles. The van der Waals surface area contributed by atoms with Crippen molar-refractivity contribution in [3.05, 3.63) is 65.0 Å². The van der Waals surface area contributed by atoms with Gasteiger partial charge in [-0.1, -0.05) is 29.7 Å². The van der Waals surface area contributed by atoms with Crippen LogP contribution in [0.1, 0.15) is 16.7 Å². The lowest BCUT2D eigenvalue weighted by molar-refractivity contribution is 0.330. The highest BCUT2D eigenvalue weighted by Gasteiger charge is 2.08. The Labute approximate surface area is 147 Å². The van der Waals surface area contributed by atoms with Crippen LogP contribution in [-0.4, -0.2) is 23.0 Å². The van der Waals surface area contributed by atoms with Crippen LogP contribution in [-0.2, 0) is 21.9 Å². The fraction of sp³-hybridized carbons (Fsp3) is 0.263. The standard InChI is InChI=1S/C19H21FO2S2/c1-15-5-9-18(10-6-15)23(21)22-14-17-8-7-16(13-19(17)20)11-12-24(2,3)4/h5-10,13H,14H2,1-4H3. The summed E-state index contributed by atoms with van der Waals surface area (Å²) in [5.41, 5.74) is 2.08. The van der Waals surface area contributed by atoms with Crippen LogP contribution in [0.15, 0.2) is 47.4 Å². The summed E-state index contributed by atoms with van der Waals surface area (Å²) in [6, 6.07) is 12.0. The molecule has 0 aliphatic rings. The largest absolute Gasteiger partial charge is 0.282 e. The predicted octanol–water partition coefficient (Wildman–Crippen LogP) is 4.38. The number of hydrogen-bond donors (Lipinski definition) is 0. The van der Waals surface area contributed by atoms with Gasteiger partial charge >= 0.3 is 0 Å². The van der Waals surface area contributed by atoms with Gasteiger partial charge in [0.25, 0.3) is 0 Å². The lowest BCUT2D eigenvalue weighted by atomic mass is 10.1. The normalized spacial score (nSPS) is 13.0. The van der Waals surface area contributed by atoms with Crippen LogP contribution in [0.5, 0.6) is 0 Å². The summed E-state index contributed by atoms with van der Waals surface area (Å²) < 4.78 is 31.5. The second kappa shape index (κ2) is 7.98. The van der Waals surface area contributed by atoms with Crippen LogP contribution in [0.4, 0.5) is 4.39 Å². The van der Waals surface area contributed by atoms with Crippen LogP contribution in [0.25, 0.3) is 0 Å². The predicted molar refractivity (Wildman–Crippen MR) is 101 cm³/mol. The summed E-state index contributed by atoms with van der Waals surface area (Å²) in [6.45, 7) is 1.90. The molecule has 0 N–H and O–H groups in total. The molecule has 1 unspecified atom stereocenters. The fourth-order valence-corrected chi connectivity index (χ4v) is 2.94. The topological polar surface area (TPSA) is 26.3 Å². The van der Waals surface area contributed by atoms with Crippen molar-refractivity contribution >= 4 is 21.1 Å². The molecule has 0 bridgehead atoms. The molecule has 2 aromatic rings. The van der Waals surface area contributed by atoms with Crippen molar-refractivity contribution in [2.75, 3.05) is 18.8 Å². The van der Waals surface area contributed by atoms with Crippen LogP contribution >= 0.6 is 10.0 Å². The maximum absolute atomic E-state index is 14.1. The molecular formula is C19H21FO2S2. The summed E-state index contributed by atoms with van der Waals surface area (Å²) in [6.07, 6.45) is 6.25. The van der Waals surface area contributed by atoms with Gasteiger partial charge in [-0.15, -0.1) is 0 Å². The van der Waals surface area contributed by atoms with E-state index in [0.29, 0.717) is 16.0 Å². The maximum Gasteiger partial charge on any atom is 0.189 e. The minimum atomic E-state index is -1.61. The van der Waals surface area contributed by atoms with Gasteiger partial charge in [-0.05, 0) is 55.2 Å². The summed E-state index contributed by atoms with van der Waals surface area (Å²) in [4.78, 5) is 0.566. The Balaban J connectivity index is 2.04. The van der Waals surface area contributed by atoms with Crippen molar-refractivity contribution in [2.24, 2.45) is 0 Å². The van der Waals surface area contributed by atoms with E-state index in [2.05, 4.69) is 29.9 Å². The zero-order chi connectivity index (χ0) is 17.7. The Morgan fingerprint density at radius 2 is 1.79 bits per heavy atom. The highest BCUT2D eigenvalue weighted by atomic mass is 32.3. The minimum absolute atomic E-state index is 0.0510. The van der Waals surface area contributed by atoms with Gasteiger partial charge in [-0.2, -0.15) is 10.0 Å². The third-order valence-corrected chi connectivity index (χ3v) is 4.79. The Morgan fingerprint density at radius 1 is 1.12 bits per heavy atom. The first-order valence-corrected chi connectivity index (χ1v) is 11.3. The number of benzene rings is 2. The Bertz CT molecular complexity index is 797. The van der Waals surface area contributed by atoms with Gasteiger partial charge in [-0.3, -0.25) is 4.18 Å². The van der Waals surface area contributed by atoms with Gasteiger partial charge < -0.3 is 0 Å². The Morgan fingerprint density at radius 3 is 2.38 bits per heavy atom. The lowest BCUT2D eigenvalue weighted by Crippen LogP contribution is -2.01. The van der Waals surface area contributed by atoms with Crippen molar-refractivity contribution in [2.45, 2.75) is 18.4 Å². The third kappa shape index (κ3) is 5.79. The monoisotopic (exact) mass is 364 g/mol. The molecule has 2 aromatic carbocycles. The first kappa shape index (κ1) is 18.7. The third-order valence-electron chi connectivity index (χ3n) is 3.09. The molecule has 0 radical (unpaired) electrons. The van der Waals surface area contributed by atoms with Crippen molar-refractivity contribution in [1.29, 1.82) is 0 Å². The molecule has 0 aliphatic heterocycles. The smallest absolute Gasteiger partial charge is 0.189 e. The van der Waals surface area contributed by atoms with Crippen molar-refractivity contribution in [1.82, 2.24) is 0 Å². The molecule has 0 amide bonds. The first-order valence-electron chi connectivity index (χ1n) is 7.36. The number of hydrogen-bond acceptors (Lipinski definition) is 2. The van der Waals surface area contributed by atoms with E-state index in [0.717, 1.165) is 5.56 Å². The number of rotatable bonds is 4. The van der Waals surface area contributed by atoms with Gasteiger partial charge in [0.05, 0.1) is 11.5 Å². The molecular weight excluding hydrogens is 343 g/mol. The van der Waals surface area contributed by atoms with E-state index >= 15 is 0 Å². The zero-order valence-electron chi connectivity index (χ0n) is 14.3. The van der Waals surface area contributed by atoms with Gasteiger partial charge in [0.1, 0.15) is 5.82 Å². The molecule has 0 heterocycles. The second-order valence-corrected chi connectivity index (χ2v) is 11.2. The van der Waals surface area contributed by atoms with Gasteiger partial charge in [-0.25, -0.2) is 8.60 Å². The van der Waals surface area contributed by atoms with Crippen molar-refractivity contribution in [3.63, 3.8) is 0 Å². The second-order valence-electron chi connectivity index (χ2n) is 6.18. The van der Waals surface area contributed by atoms with E-state index in [4.69, 9.17) is 4.18 Å². The first-order chi connectivity index (χ1) is 11.2. The van der Waals surface area contributed by atoms with E-state index in [-0.39, 0.29) is 6.61 Å². The molecule has 0 saturated heterocycles. The van der Waals surface area contributed by atoms with Gasteiger partial charge in [0, 0.05) is 11.1 Å². The highest BCUT2D eigenvalue weighted by Crippen LogP contribution is 2.32. The van der Waals surface area contributed by atoms with E-state index < -0.39 is 26.9 Å². The lowest BCUT2D eigenvalue weighted by Gasteiger charge is -2.14. The average Bonchev–Trinajstić information content (AvgIpc) is 2.51. The van der Waals surface area contributed by atoms with E-state index in [1.807, 2.05) is 19.1 Å². The summed E-state index contributed by atoms with van der Waals surface area (Å²) in [7, 11) is -0.949. The molecule has 0 aromatic heterocycles. The Kier molecular flexibility index (Phi) is 6.22. The van der Waals surface area contributed by atoms with Gasteiger partial charge in [0.15, 0.2) is 11.1 Å². The summed E-state index contributed by atoms with van der Waals surface area (Å²) >= 11 is -1.61. The molecule has 2 rings (SSSR count). The molecule has 24 heavy (non-hydrogen) atoms. The summed E-state index contributed by atoms with van der Waals surface area (Å²) in [5.74, 6) is 2.60. The molecule has 0 aliphatic carbocycles. The molecule has 0 fully saturated rings. The van der Waals surface area contributed by atoms with Crippen LogP contribution in [0, 0.1) is 23.9 Å². The van der Waals surface area contributed by atoms with Crippen LogP contribution in [0.3, 0.4) is 0 Å². The van der Waals surface area contributed by atoms with Crippen LogP contribution in [0.2, 0.25) is 0 Å². The average molecular weight is 365 g/mol. The van der Waals surface area contributed by atoms with E-state index in [1.54, 1.807) is 24.3 Å². The van der Waals surface area contributed by atoms with Crippen LogP contribution < -0.4 is 0 Å². The molecule has 2 nitrogen and oxygen atoms in total. The molecule has 1 atom stereocenters. The van der Waals surface area contributed by atoms with E-state index in [1.165, 1.54) is 6.07 Å². The Hall–Kier alpha value is -1.61. The SMILES string of the molecule is Cc1ccc(S(=O)OCc2ccc(C#CS(C)(C)C)cc2F)cc1. The van der Waals surface area contributed by atoms with Crippen molar-refractivity contribution in [3.8, 4) is 11.2 Å². The maximum atomic E-state index is 14.1. The molecule has 0 spiro atoms. The summed E-state index contributed by atoms with van der Waals surface area (Å²) in [5, 5.41) is 3.15. The zero-order valence-corrected chi connectivity index (χ0v) is 15.9. The highest BCUT2D eigenvalue weighted by molar-refractivity contribution is 8.35. The quantitative estimate of drug-likeness (QED) is 0.753. The number of halogens is 1.